The van der Waals surface area contributed by atoms with E-state index in [4.69, 9.17) is 4.42 Å². The van der Waals surface area contributed by atoms with Gasteiger partial charge in [0.05, 0.1) is 16.7 Å². The van der Waals surface area contributed by atoms with E-state index in [9.17, 15) is 0 Å². The van der Waals surface area contributed by atoms with Crippen LogP contribution in [-0.4, -0.2) is 4.57 Å². The van der Waals surface area contributed by atoms with Gasteiger partial charge in [-0.05, 0) is 93.7 Å². The summed E-state index contributed by atoms with van der Waals surface area (Å²) in [5, 5.41) is 12.1. The van der Waals surface area contributed by atoms with E-state index >= 15 is 0 Å². The van der Waals surface area contributed by atoms with E-state index in [-0.39, 0.29) is 0 Å². The molecule has 0 amide bonds. The van der Waals surface area contributed by atoms with E-state index in [0.29, 0.717) is 0 Å². The Kier molecular flexibility index (Phi) is 5.96. The van der Waals surface area contributed by atoms with Gasteiger partial charge in [0.2, 0.25) is 0 Å². The van der Waals surface area contributed by atoms with Crippen LogP contribution in [0.15, 0.2) is 186 Å². The van der Waals surface area contributed by atoms with Gasteiger partial charge < -0.3 is 13.9 Å². The summed E-state index contributed by atoms with van der Waals surface area (Å²) in [6, 6.07) is 65.7. The Morgan fingerprint density at radius 2 is 1.02 bits per heavy atom. The maximum absolute atomic E-state index is 6.29. The molecule has 3 nitrogen and oxygen atoms in total. The molecule has 3 heteroatoms. The number of hydrogen-bond acceptors (Lipinski definition) is 2. The Bertz CT molecular complexity index is 3150. The third-order valence-electron chi connectivity index (χ3n) is 10.5. The molecular weight excluding hydrogens is 621 g/mol. The van der Waals surface area contributed by atoms with Crippen molar-refractivity contribution in [1.82, 2.24) is 4.57 Å². The first-order valence-electron chi connectivity index (χ1n) is 17.4. The quantitative estimate of drug-likeness (QED) is 0.177. The van der Waals surface area contributed by atoms with Gasteiger partial charge >= 0.3 is 0 Å². The molecule has 2 heterocycles. The lowest BCUT2D eigenvalue weighted by Crippen LogP contribution is -2.10. The number of hydrogen-bond donors (Lipinski definition) is 0. The molecule has 0 unspecified atom stereocenters. The first-order valence-corrected chi connectivity index (χ1v) is 17.4. The van der Waals surface area contributed by atoms with Crippen LogP contribution in [0.5, 0.6) is 0 Å². The highest BCUT2D eigenvalue weighted by Gasteiger charge is 2.21. The summed E-state index contributed by atoms with van der Waals surface area (Å²) in [6.45, 7) is 0. The van der Waals surface area contributed by atoms with Crippen LogP contribution < -0.4 is 4.90 Å². The normalized spacial score (nSPS) is 11.9. The van der Waals surface area contributed by atoms with E-state index in [1.807, 2.05) is 12.1 Å². The van der Waals surface area contributed by atoms with Crippen LogP contribution in [0, 0.1) is 0 Å². The molecule has 0 saturated carbocycles. The molecule has 2 aromatic heterocycles. The van der Waals surface area contributed by atoms with Crippen molar-refractivity contribution in [2.45, 2.75) is 0 Å². The minimum Gasteiger partial charge on any atom is -0.456 e. The summed E-state index contributed by atoms with van der Waals surface area (Å²) < 4.78 is 8.66. The van der Waals surface area contributed by atoms with Gasteiger partial charge in [-0.2, -0.15) is 0 Å². The van der Waals surface area contributed by atoms with Crippen LogP contribution in [-0.2, 0) is 0 Å². The maximum atomic E-state index is 6.29. The largest absolute Gasteiger partial charge is 0.456 e. The van der Waals surface area contributed by atoms with Crippen molar-refractivity contribution >= 4 is 93.1 Å². The summed E-state index contributed by atoms with van der Waals surface area (Å²) in [4.78, 5) is 2.43. The van der Waals surface area contributed by atoms with Crippen LogP contribution in [0.1, 0.15) is 0 Å². The number of benzene rings is 9. The van der Waals surface area contributed by atoms with Crippen molar-refractivity contribution in [2.75, 3.05) is 4.90 Å². The topological polar surface area (TPSA) is 21.3 Å². The molecule has 0 aliphatic carbocycles. The van der Waals surface area contributed by atoms with Gasteiger partial charge in [0.15, 0.2) is 0 Å². The van der Waals surface area contributed by atoms with Crippen molar-refractivity contribution < 1.29 is 4.42 Å². The molecule has 238 valence electrons. The standard InChI is InChI=1S/C48H30N2O/c1-2-12-33(13-3-1)50-44-18-8-6-15-37(44)41-29-34(24-27-45(41)50)49(35-25-28-47-42(30-35)39-16-7-9-20-46(39)51-47)43-19-10-17-40-38(43)26-23-32-22-21-31-11-4-5-14-36(31)48(32)40/h1-30H. The van der Waals surface area contributed by atoms with Crippen LogP contribution in [0.4, 0.5) is 17.1 Å². The summed E-state index contributed by atoms with van der Waals surface area (Å²) in [7, 11) is 0. The highest BCUT2D eigenvalue weighted by molar-refractivity contribution is 6.22. The predicted octanol–water partition coefficient (Wildman–Crippen LogP) is 13.6. The smallest absolute Gasteiger partial charge is 0.135 e. The van der Waals surface area contributed by atoms with E-state index in [1.165, 1.54) is 54.1 Å². The molecule has 0 spiro atoms. The molecule has 0 atom stereocenters. The maximum Gasteiger partial charge on any atom is 0.135 e. The molecule has 0 bridgehead atoms. The zero-order valence-electron chi connectivity index (χ0n) is 27.6. The fourth-order valence-electron chi connectivity index (χ4n) is 8.28. The SMILES string of the molecule is c1ccc(-n2c3ccccc3c3cc(N(c4ccc5oc6ccccc6c5c4)c4cccc5c4ccc4ccc6ccccc6c45)ccc32)cc1. The molecule has 51 heavy (non-hydrogen) atoms. The fraction of sp³-hybridized carbons (Fsp3) is 0. The number of fused-ring (bicyclic) bond motifs is 11. The number of aromatic nitrogens is 1. The summed E-state index contributed by atoms with van der Waals surface area (Å²) in [5.74, 6) is 0. The van der Waals surface area contributed by atoms with Crippen molar-refractivity contribution in [1.29, 1.82) is 0 Å². The van der Waals surface area contributed by atoms with Crippen molar-refractivity contribution in [3.05, 3.63) is 182 Å². The molecule has 11 aromatic rings. The first kappa shape index (κ1) is 28.0. The Balaban J connectivity index is 1.22. The fourth-order valence-corrected chi connectivity index (χ4v) is 8.28. The van der Waals surface area contributed by atoms with Crippen LogP contribution in [0.2, 0.25) is 0 Å². The van der Waals surface area contributed by atoms with Crippen molar-refractivity contribution in [3.63, 3.8) is 0 Å². The molecule has 0 radical (unpaired) electrons. The predicted molar refractivity (Wildman–Crippen MR) is 215 cm³/mol. The lowest BCUT2D eigenvalue weighted by Gasteiger charge is -2.27. The molecule has 0 aliphatic heterocycles. The molecule has 9 aromatic carbocycles. The Morgan fingerprint density at radius 1 is 0.373 bits per heavy atom. The minimum atomic E-state index is 0.886. The molecule has 11 rings (SSSR count). The lowest BCUT2D eigenvalue weighted by atomic mass is 9.95. The monoisotopic (exact) mass is 650 g/mol. The van der Waals surface area contributed by atoms with Crippen LogP contribution in [0.3, 0.4) is 0 Å². The third-order valence-corrected chi connectivity index (χ3v) is 10.5. The summed E-state index contributed by atoms with van der Waals surface area (Å²) in [6.07, 6.45) is 0. The molecular formula is C48H30N2O. The summed E-state index contributed by atoms with van der Waals surface area (Å²) in [5.41, 5.74) is 8.60. The number of anilines is 3. The van der Waals surface area contributed by atoms with Crippen molar-refractivity contribution in [3.8, 4) is 5.69 Å². The lowest BCUT2D eigenvalue weighted by molar-refractivity contribution is 0.669. The zero-order valence-corrected chi connectivity index (χ0v) is 27.6. The first-order chi connectivity index (χ1) is 25.3. The van der Waals surface area contributed by atoms with Gasteiger partial charge in [-0.15, -0.1) is 0 Å². The highest BCUT2D eigenvalue weighted by atomic mass is 16.3. The minimum absolute atomic E-state index is 0.886. The van der Waals surface area contributed by atoms with Gasteiger partial charge in [0.25, 0.3) is 0 Å². The second-order valence-corrected chi connectivity index (χ2v) is 13.3. The zero-order chi connectivity index (χ0) is 33.5. The average Bonchev–Trinajstić information content (AvgIpc) is 3.73. The van der Waals surface area contributed by atoms with Gasteiger partial charge in [0, 0.05) is 44.0 Å². The van der Waals surface area contributed by atoms with Gasteiger partial charge in [0.1, 0.15) is 11.2 Å². The molecule has 0 saturated heterocycles. The molecule has 0 N–H and O–H groups in total. The van der Waals surface area contributed by atoms with Gasteiger partial charge in [-0.25, -0.2) is 0 Å². The second kappa shape index (κ2) is 10.8. The van der Waals surface area contributed by atoms with E-state index < -0.39 is 0 Å². The Morgan fingerprint density at radius 3 is 1.92 bits per heavy atom. The number of para-hydroxylation sites is 3. The van der Waals surface area contributed by atoms with E-state index in [1.54, 1.807) is 0 Å². The Labute approximate surface area is 293 Å². The molecule has 0 aliphatic rings. The summed E-state index contributed by atoms with van der Waals surface area (Å²) >= 11 is 0. The second-order valence-electron chi connectivity index (χ2n) is 13.3. The van der Waals surface area contributed by atoms with Gasteiger partial charge in [-0.1, -0.05) is 115 Å². The van der Waals surface area contributed by atoms with Crippen LogP contribution in [0.25, 0.3) is 81.7 Å². The number of furan rings is 1. The molecule has 0 fully saturated rings. The number of nitrogens with zero attached hydrogens (tertiary/aromatic N) is 2. The Hall–Kier alpha value is -6.84. The average molecular weight is 651 g/mol. The van der Waals surface area contributed by atoms with Gasteiger partial charge in [-0.3, -0.25) is 0 Å². The van der Waals surface area contributed by atoms with Crippen LogP contribution >= 0.6 is 0 Å². The number of rotatable bonds is 4. The van der Waals surface area contributed by atoms with E-state index in [0.717, 1.165) is 44.7 Å². The van der Waals surface area contributed by atoms with Crippen molar-refractivity contribution in [2.24, 2.45) is 0 Å². The third kappa shape index (κ3) is 4.19. The highest BCUT2D eigenvalue weighted by Crippen LogP contribution is 2.45. The van der Waals surface area contributed by atoms with E-state index in [2.05, 4.69) is 179 Å².